The van der Waals surface area contributed by atoms with Crippen molar-refractivity contribution in [3.05, 3.63) is 59.2 Å². The topological polar surface area (TPSA) is 58.6 Å². The standard InChI is InChI=1S/C24H28N2O3/c27-24(14-19-16-29-23-13-18-7-4-6-17(18)12-20(19)23)25-15-21(22-8-5-11-28-22)26-9-2-1-3-10-26/h5,8,11-13,16,21H,1-4,6-7,9-10,14-15H2,(H,25,27). The summed E-state index contributed by atoms with van der Waals surface area (Å²) in [6.45, 7) is 2.68. The number of fused-ring (bicyclic) bond motifs is 2. The minimum Gasteiger partial charge on any atom is -0.468 e. The molecule has 1 N–H and O–H groups in total. The molecule has 0 radical (unpaired) electrons. The van der Waals surface area contributed by atoms with Crippen molar-refractivity contribution in [3.63, 3.8) is 0 Å². The number of hydrogen-bond donors (Lipinski definition) is 1. The summed E-state index contributed by atoms with van der Waals surface area (Å²) in [7, 11) is 0. The van der Waals surface area contributed by atoms with Crippen LogP contribution in [0.5, 0.6) is 0 Å². The van der Waals surface area contributed by atoms with Gasteiger partial charge in [-0.05, 0) is 80.6 Å². The Morgan fingerprint density at radius 2 is 1.90 bits per heavy atom. The molecule has 29 heavy (non-hydrogen) atoms. The van der Waals surface area contributed by atoms with Gasteiger partial charge in [-0.25, -0.2) is 0 Å². The van der Waals surface area contributed by atoms with Crippen LogP contribution in [0.1, 0.15) is 54.2 Å². The quantitative estimate of drug-likeness (QED) is 0.675. The first kappa shape index (κ1) is 18.5. The number of nitrogens with zero attached hydrogens (tertiary/aromatic N) is 1. The Morgan fingerprint density at radius 1 is 1.07 bits per heavy atom. The van der Waals surface area contributed by atoms with Gasteiger partial charge < -0.3 is 14.2 Å². The second kappa shape index (κ2) is 8.07. The molecule has 3 heterocycles. The predicted octanol–water partition coefficient (Wildman–Crippen LogP) is 4.40. The first-order valence-corrected chi connectivity index (χ1v) is 10.8. The van der Waals surface area contributed by atoms with Crippen LogP contribution in [0, 0.1) is 0 Å². The zero-order chi connectivity index (χ0) is 19.6. The molecule has 0 spiro atoms. The van der Waals surface area contributed by atoms with E-state index in [2.05, 4.69) is 22.3 Å². The fourth-order valence-electron chi connectivity index (χ4n) is 4.85. The highest BCUT2D eigenvalue weighted by atomic mass is 16.3. The minimum absolute atomic E-state index is 0.0294. The van der Waals surface area contributed by atoms with Crippen molar-refractivity contribution in [1.82, 2.24) is 10.2 Å². The van der Waals surface area contributed by atoms with Gasteiger partial charge in [0.05, 0.1) is 25.0 Å². The number of benzene rings is 1. The molecule has 2 aliphatic rings. The van der Waals surface area contributed by atoms with E-state index in [4.69, 9.17) is 8.83 Å². The number of aryl methyl sites for hydroxylation is 2. The van der Waals surface area contributed by atoms with Crippen molar-refractivity contribution in [2.75, 3.05) is 19.6 Å². The van der Waals surface area contributed by atoms with Crippen molar-refractivity contribution >= 4 is 16.9 Å². The normalized spacial score (nSPS) is 18.1. The summed E-state index contributed by atoms with van der Waals surface area (Å²) in [5.74, 6) is 0.957. The van der Waals surface area contributed by atoms with Crippen LogP contribution in [0.3, 0.4) is 0 Å². The number of carbonyl (C=O) groups excluding carboxylic acids is 1. The van der Waals surface area contributed by atoms with Gasteiger partial charge in [0.25, 0.3) is 0 Å². The number of nitrogens with one attached hydrogen (secondary N) is 1. The average molecular weight is 392 g/mol. The van der Waals surface area contributed by atoms with Gasteiger partial charge in [-0.15, -0.1) is 0 Å². The molecular weight excluding hydrogens is 364 g/mol. The fraction of sp³-hybridized carbons (Fsp3) is 0.458. The molecule has 0 saturated carbocycles. The fourth-order valence-corrected chi connectivity index (χ4v) is 4.85. The van der Waals surface area contributed by atoms with E-state index in [9.17, 15) is 4.79 Å². The summed E-state index contributed by atoms with van der Waals surface area (Å²) in [4.78, 5) is 15.2. The van der Waals surface area contributed by atoms with E-state index in [0.717, 1.165) is 48.2 Å². The number of hydrogen-bond acceptors (Lipinski definition) is 4. The third kappa shape index (κ3) is 3.84. The summed E-state index contributed by atoms with van der Waals surface area (Å²) in [5, 5.41) is 4.22. The van der Waals surface area contributed by atoms with Crippen LogP contribution in [0.15, 0.2) is 45.6 Å². The second-order valence-corrected chi connectivity index (χ2v) is 8.34. The Morgan fingerprint density at radius 3 is 2.69 bits per heavy atom. The Kier molecular flexibility index (Phi) is 5.15. The summed E-state index contributed by atoms with van der Waals surface area (Å²) < 4.78 is 11.4. The van der Waals surface area contributed by atoms with Gasteiger partial charge in [0.15, 0.2) is 0 Å². The Hall–Kier alpha value is -2.53. The number of amides is 1. The Bertz CT molecular complexity index is 983. The van der Waals surface area contributed by atoms with E-state index >= 15 is 0 Å². The van der Waals surface area contributed by atoms with E-state index in [1.807, 2.05) is 12.1 Å². The van der Waals surface area contributed by atoms with Gasteiger partial charge in [-0.1, -0.05) is 6.42 Å². The summed E-state index contributed by atoms with van der Waals surface area (Å²) >= 11 is 0. The van der Waals surface area contributed by atoms with E-state index in [1.165, 1.54) is 36.8 Å². The first-order valence-electron chi connectivity index (χ1n) is 10.8. The molecule has 1 aliphatic carbocycles. The molecule has 5 nitrogen and oxygen atoms in total. The highest BCUT2D eigenvalue weighted by Gasteiger charge is 2.25. The maximum absolute atomic E-state index is 12.7. The maximum Gasteiger partial charge on any atom is 0.224 e. The third-order valence-electron chi connectivity index (χ3n) is 6.41. The number of furan rings is 2. The molecule has 1 aromatic carbocycles. The lowest BCUT2D eigenvalue weighted by atomic mass is 10.0. The highest BCUT2D eigenvalue weighted by molar-refractivity contribution is 5.88. The van der Waals surface area contributed by atoms with E-state index in [0.29, 0.717) is 13.0 Å². The van der Waals surface area contributed by atoms with Crippen LogP contribution in [0.25, 0.3) is 11.0 Å². The molecule has 1 unspecified atom stereocenters. The van der Waals surface area contributed by atoms with Gasteiger partial charge in [-0.2, -0.15) is 0 Å². The Labute approximate surface area is 171 Å². The lowest BCUT2D eigenvalue weighted by molar-refractivity contribution is -0.120. The smallest absolute Gasteiger partial charge is 0.224 e. The van der Waals surface area contributed by atoms with Gasteiger partial charge in [-0.3, -0.25) is 9.69 Å². The van der Waals surface area contributed by atoms with Crippen molar-refractivity contribution in [2.24, 2.45) is 0 Å². The zero-order valence-corrected chi connectivity index (χ0v) is 16.8. The number of carbonyl (C=O) groups is 1. The van der Waals surface area contributed by atoms with E-state index in [-0.39, 0.29) is 11.9 Å². The average Bonchev–Trinajstić information content (AvgIpc) is 3.49. The van der Waals surface area contributed by atoms with Crippen molar-refractivity contribution in [1.29, 1.82) is 0 Å². The molecule has 152 valence electrons. The molecular formula is C24H28N2O3. The predicted molar refractivity (Wildman–Crippen MR) is 112 cm³/mol. The second-order valence-electron chi connectivity index (χ2n) is 8.34. The molecule has 1 amide bonds. The molecule has 5 heteroatoms. The summed E-state index contributed by atoms with van der Waals surface area (Å²) in [5.41, 5.74) is 4.67. The van der Waals surface area contributed by atoms with Gasteiger partial charge in [0.2, 0.25) is 5.91 Å². The molecule has 1 aliphatic heterocycles. The molecule has 5 rings (SSSR count). The molecule has 1 saturated heterocycles. The maximum atomic E-state index is 12.7. The molecule has 1 fully saturated rings. The number of likely N-dealkylation sites (tertiary alicyclic amines) is 1. The van der Waals surface area contributed by atoms with Gasteiger partial charge in [0, 0.05) is 17.5 Å². The minimum atomic E-state index is 0.0294. The SMILES string of the molecule is O=C(Cc1coc2cc3c(cc12)CCC3)NCC(c1ccco1)N1CCCCC1. The van der Waals surface area contributed by atoms with Crippen molar-refractivity contribution in [3.8, 4) is 0 Å². The zero-order valence-electron chi connectivity index (χ0n) is 16.8. The number of piperidine rings is 1. The lowest BCUT2D eigenvalue weighted by Crippen LogP contribution is -2.40. The monoisotopic (exact) mass is 392 g/mol. The largest absolute Gasteiger partial charge is 0.468 e. The molecule has 1 atom stereocenters. The van der Waals surface area contributed by atoms with Gasteiger partial charge in [0.1, 0.15) is 11.3 Å². The third-order valence-corrected chi connectivity index (χ3v) is 6.41. The van der Waals surface area contributed by atoms with Crippen molar-refractivity contribution < 1.29 is 13.6 Å². The van der Waals surface area contributed by atoms with Crippen LogP contribution < -0.4 is 5.32 Å². The summed E-state index contributed by atoms with van der Waals surface area (Å²) in [6, 6.07) is 8.41. The van der Waals surface area contributed by atoms with Crippen molar-refractivity contribution in [2.45, 2.75) is 51.0 Å². The number of rotatable bonds is 6. The highest BCUT2D eigenvalue weighted by Crippen LogP contribution is 2.30. The molecule has 2 aromatic heterocycles. The van der Waals surface area contributed by atoms with Crippen LogP contribution in [-0.2, 0) is 24.1 Å². The summed E-state index contributed by atoms with van der Waals surface area (Å²) in [6.07, 6.45) is 11.0. The van der Waals surface area contributed by atoms with Gasteiger partial charge >= 0.3 is 0 Å². The van der Waals surface area contributed by atoms with Crippen LogP contribution >= 0.6 is 0 Å². The van der Waals surface area contributed by atoms with Crippen LogP contribution in [0.2, 0.25) is 0 Å². The van der Waals surface area contributed by atoms with Crippen LogP contribution in [-0.4, -0.2) is 30.4 Å². The Balaban J connectivity index is 1.27. The lowest BCUT2D eigenvalue weighted by Gasteiger charge is -2.33. The van der Waals surface area contributed by atoms with Crippen LogP contribution in [0.4, 0.5) is 0 Å². The first-order chi connectivity index (χ1) is 14.3. The molecule has 3 aromatic rings. The molecule has 0 bridgehead atoms. The van der Waals surface area contributed by atoms with E-state index in [1.54, 1.807) is 12.5 Å². The van der Waals surface area contributed by atoms with E-state index < -0.39 is 0 Å².